The van der Waals surface area contributed by atoms with Gasteiger partial charge in [0.25, 0.3) is 0 Å². The number of benzene rings is 1. The summed E-state index contributed by atoms with van der Waals surface area (Å²) in [6.07, 6.45) is 4.07. The largest absolute Gasteiger partial charge is 0.508 e. The molecule has 0 amide bonds. The first-order valence-corrected chi connectivity index (χ1v) is 6.44. The van der Waals surface area contributed by atoms with E-state index in [4.69, 9.17) is 4.74 Å². The van der Waals surface area contributed by atoms with E-state index in [1.807, 2.05) is 6.07 Å². The second kappa shape index (κ2) is 4.22. The van der Waals surface area contributed by atoms with Crippen molar-refractivity contribution in [1.82, 2.24) is 5.32 Å². The second-order valence-electron chi connectivity index (χ2n) is 5.33. The van der Waals surface area contributed by atoms with Gasteiger partial charge in [-0.15, -0.1) is 0 Å². The average molecular weight is 233 g/mol. The second-order valence-corrected chi connectivity index (χ2v) is 5.33. The zero-order chi connectivity index (χ0) is 11.8. The molecule has 0 saturated heterocycles. The normalized spacial score (nSPS) is 24.2. The fraction of sp³-hybridized carbons (Fsp3) is 0.571. The van der Waals surface area contributed by atoms with E-state index in [1.165, 1.54) is 24.8 Å². The summed E-state index contributed by atoms with van der Waals surface area (Å²) >= 11 is 0. The molecule has 0 radical (unpaired) electrons. The molecule has 2 atom stereocenters. The summed E-state index contributed by atoms with van der Waals surface area (Å²) in [6, 6.07) is 6.20. The van der Waals surface area contributed by atoms with Gasteiger partial charge in [-0.2, -0.15) is 0 Å². The van der Waals surface area contributed by atoms with E-state index in [2.05, 4.69) is 12.2 Å². The van der Waals surface area contributed by atoms with Crippen LogP contribution in [0.2, 0.25) is 0 Å². The number of phenolic OH excluding ortho intramolecular Hbond substituents is 1. The third kappa shape index (κ3) is 2.39. The Balaban J connectivity index is 1.66. The van der Waals surface area contributed by atoms with Crippen LogP contribution in [0, 0.1) is 5.92 Å². The molecule has 1 fully saturated rings. The highest BCUT2D eigenvalue weighted by Gasteiger charge is 2.28. The highest BCUT2D eigenvalue weighted by atomic mass is 16.5. The van der Waals surface area contributed by atoms with E-state index in [0.717, 1.165) is 11.7 Å². The van der Waals surface area contributed by atoms with Crippen molar-refractivity contribution in [3.05, 3.63) is 23.8 Å². The number of aromatic hydroxyl groups is 1. The quantitative estimate of drug-likeness (QED) is 0.840. The molecule has 2 N–H and O–H groups in total. The van der Waals surface area contributed by atoms with Gasteiger partial charge >= 0.3 is 0 Å². The average Bonchev–Trinajstić information content (AvgIpc) is 3.01. The van der Waals surface area contributed by atoms with Crippen LogP contribution in [0.1, 0.15) is 37.8 Å². The highest BCUT2D eigenvalue weighted by Crippen LogP contribution is 2.37. The number of phenols is 1. The van der Waals surface area contributed by atoms with Crippen LogP contribution >= 0.6 is 0 Å². The number of ether oxygens (including phenoxy) is 1. The fourth-order valence-corrected chi connectivity index (χ4v) is 2.60. The Morgan fingerprint density at radius 1 is 1.47 bits per heavy atom. The first-order valence-electron chi connectivity index (χ1n) is 6.44. The van der Waals surface area contributed by atoms with Gasteiger partial charge < -0.3 is 15.2 Å². The lowest BCUT2D eigenvalue weighted by molar-refractivity contribution is 0.294. The highest BCUT2D eigenvalue weighted by molar-refractivity contribution is 5.44. The monoisotopic (exact) mass is 233 g/mol. The summed E-state index contributed by atoms with van der Waals surface area (Å²) in [7, 11) is 0. The molecule has 1 aromatic carbocycles. The van der Waals surface area contributed by atoms with Crippen molar-refractivity contribution < 1.29 is 9.84 Å². The van der Waals surface area contributed by atoms with Gasteiger partial charge in [0.2, 0.25) is 0 Å². The molecule has 3 rings (SSSR count). The molecule has 1 aromatic rings. The SMILES string of the molecule is CC(CC1CC1)NC1COc2cc(O)ccc21. The molecule has 3 heteroatoms. The zero-order valence-corrected chi connectivity index (χ0v) is 10.1. The van der Waals surface area contributed by atoms with Crippen molar-refractivity contribution in [3.63, 3.8) is 0 Å². The van der Waals surface area contributed by atoms with Gasteiger partial charge in [-0.25, -0.2) is 0 Å². The fourth-order valence-electron chi connectivity index (χ4n) is 2.60. The van der Waals surface area contributed by atoms with Gasteiger partial charge in [0.1, 0.15) is 18.1 Å². The van der Waals surface area contributed by atoms with Crippen LogP contribution in [0.4, 0.5) is 0 Å². The van der Waals surface area contributed by atoms with Crippen LogP contribution in [0.3, 0.4) is 0 Å². The molecule has 1 heterocycles. The van der Waals surface area contributed by atoms with Gasteiger partial charge in [-0.05, 0) is 31.4 Å². The summed E-state index contributed by atoms with van der Waals surface area (Å²) in [6.45, 7) is 2.92. The third-order valence-corrected chi connectivity index (χ3v) is 3.65. The van der Waals surface area contributed by atoms with Crippen LogP contribution in [-0.2, 0) is 0 Å². The number of hydrogen-bond acceptors (Lipinski definition) is 3. The lowest BCUT2D eigenvalue weighted by atomic mass is 10.1. The molecule has 1 aliphatic heterocycles. The van der Waals surface area contributed by atoms with Gasteiger partial charge in [0.05, 0.1) is 6.04 Å². The van der Waals surface area contributed by atoms with Gasteiger partial charge in [0, 0.05) is 17.7 Å². The maximum atomic E-state index is 9.39. The van der Waals surface area contributed by atoms with Crippen molar-refractivity contribution >= 4 is 0 Å². The topological polar surface area (TPSA) is 41.5 Å². The molecule has 1 aliphatic carbocycles. The first-order chi connectivity index (χ1) is 8.22. The predicted octanol–water partition coefficient (Wildman–Crippen LogP) is 2.60. The number of nitrogens with one attached hydrogen (secondary N) is 1. The van der Waals surface area contributed by atoms with E-state index >= 15 is 0 Å². The molecular formula is C14H19NO2. The van der Waals surface area contributed by atoms with Crippen molar-refractivity contribution in [2.45, 2.75) is 38.3 Å². The van der Waals surface area contributed by atoms with Crippen LogP contribution in [-0.4, -0.2) is 17.8 Å². The van der Waals surface area contributed by atoms with Crippen molar-refractivity contribution in [2.75, 3.05) is 6.61 Å². The number of fused-ring (bicyclic) bond motifs is 1. The van der Waals surface area contributed by atoms with Crippen LogP contribution in [0.15, 0.2) is 18.2 Å². The van der Waals surface area contributed by atoms with E-state index in [1.54, 1.807) is 12.1 Å². The Hall–Kier alpha value is -1.22. The predicted molar refractivity (Wildman–Crippen MR) is 66.3 cm³/mol. The van der Waals surface area contributed by atoms with Crippen molar-refractivity contribution in [1.29, 1.82) is 0 Å². The van der Waals surface area contributed by atoms with Gasteiger partial charge in [-0.3, -0.25) is 0 Å². The standard InChI is InChI=1S/C14H19NO2/c1-9(6-10-2-3-10)15-13-8-17-14-7-11(16)4-5-12(13)14/h4-5,7,9-10,13,15-16H,2-3,6,8H2,1H3. The molecule has 3 nitrogen and oxygen atoms in total. The summed E-state index contributed by atoms with van der Waals surface area (Å²) in [5.41, 5.74) is 1.17. The maximum absolute atomic E-state index is 9.39. The molecule has 2 unspecified atom stereocenters. The van der Waals surface area contributed by atoms with E-state index < -0.39 is 0 Å². The molecular weight excluding hydrogens is 214 g/mol. The first kappa shape index (κ1) is 10.9. The van der Waals surface area contributed by atoms with E-state index in [-0.39, 0.29) is 11.8 Å². The molecule has 2 aliphatic rings. The Bertz CT molecular complexity index is 415. The lowest BCUT2D eigenvalue weighted by Gasteiger charge is -2.18. The Morgan fingerprint density at radius 2 is 2.29 bits per heavy atom. The molecule has 0 bridgehead atoms. The Morgan fingerprint density at radius 3 is 3.06 bits per heavy atom. The summed E-state index contributed by atoms with van der Waals surface area (Å²) in [4.78, 5) is 0. The molecule has 17 heavy (non-hydrogen) atoms. The van der Waals surface area contributed by atoms with Gasteiger partial charge in [-0.1, -0.05) is 12.8 Å². The minimum Gasteiger partial charge on any atom is -0.508 e. The lowest BCUT2D eigenvalue weighted by Crippen LogP contribution is -2.31. The van der Waals surface area contributed by atoms with Crippen LogP contribution < -0.4 is 10.1 Å². The third-order valence-electron chi connectivity index (χ3n) is 3.65. The summed E-state index contributed by atoms with van der Waals surface area (Å²) in [5.74, 6) is 2.04. The summed E-state index contributed by atoms with van der Waals surface area (Å²) < 4.78 is 5.59. The smallest absolute Gasteiger partial charge is 0.127 e. The van der Waals surface area contributed by atoms with Gasteiger partial charge in [0.15, 0.2) is 0 Å². The summed E-state index contributed by atoms with van der Waals surface area (Å²) in [5, 5.41) is 13.0. The molecule has 0 aromatic heterocycles. The van der Waals surface area contributed by atoms with Crippen LogP contribution in [0.25, 0.3) is 0 Å². The van der Waals surface area contributed by atoms with Crippen molar-refractivity contribution in [2.24, 2.45) is 5.92 Å². The minimum atomic E-state index is 0.274. The molecule has 92 valence electrons. The molecule has 1 saturated carbocycles. The van der Waals surface area contributed by atoms with Crippen molar-refractivity contribution in [3.8, 4) is 11.5 Å². The van der Waals surface area contributed by atoms with E-state index in [9.17, 15) is 5.11 Å². The molecule has 0 spiro atoms. The Labute approximate surface area is 102 Å². The zero-order valence-electron chi connectivity index (χ0n) is 10.1. The number of hydrogen-bond donors (Lipinski definition) is 2. The minimum absolute atomic E-state index is 0.274. The number of rotatable bonds is 4. The van der Waals surface area contributed by atoms with E-state index in [0.29, 0.717) is 12.6 Å². The Kier molecular flexibility index (Phi) is 2.71. The maximum Gasteiger partial charge on any atom is 0.127 e. The van der Waals surface area contributed by atoms with Crippen LogP contribution in [0.5, 0.6) is 11.5 Å².